The van der Waals surface area contributed by atoms with Crippen molar-refractivity contribution in [1.82, 2.24) is 19.5 Å². The zero-order chi connectivity index (χ0) is 17.4. The number of hydrogen-bond donors (Lipinski definition) is 0. The maximum absolute atomic E-state index is 4.77. The number of nitrogens with zero attached hydrogens (tertiary/aromatic N) is 4. The van der Waals surface area contributed by atoms with Gasteiger partial charge >= 0.3 is 0 Å². The van der Waals surface area contributed by atoms with Crippen LogP contribution in [0.5, 0.6) is 0 Å². The van der Waals surface area contributed by atoms with E-state index in [1.165, 1.54) is 4.88 Å². The largest absolute Gasteiger partial charge is 0.326 e. The van der Waals surface area contributed by atoms with Crippen molar-refractivity contribution in [2.24, 2.45) is 5.92 Å². The number of thiophene rings is 1. The highest BCUT2D eigenvalue weighted by molar-refractivity contribution is 7.21. The molecule has 0 N–H and O–H groups in total. The third-order valence-electron chi connectivity index (χ3n) is 4.67. The molecule has 0 radical (unpaired) electrons. The smallest absolute Gasteiger partial charge is 0.127 e. The summed E-state index contributed by atoms with van der Waals surface area (Å²) in [5.74, 6) is 0.519. The number of imidazole rings is 1. The molecule has 4 aromatic rings. The van der Waals surface area contributed by atoms with E-state index in [1.807, 2.05) is 18.6 Å². The van der Waals surface area contributed by atoms with E-state index in [4.69, 9.17) is 4.98 Å². The molecule has 3 heterocycles. The topological polar surface area (TPSA) is 43.6 Å². The molecule has 0 aliphatic heterocycles. The van der Waals surface area contributed by atoms with Crippen LogP contribution in [-0.4, -0.2) is 19.5 Å². The number of fused-ring (bicyclic) bond motifs is 1. The van der Waals surface area contributed by atoms with Crippen LogP contribution < -0.4 is 0 Å². The lowest BCUT2D eigenvalue weighted by Crippen LogP contribution is -2.11. The van der Waals surface area contributed by atoms with Crippen LogP contribution in [0.15, 0.2) is 55.2 Å². The first-order chi connectivity index (χ1) is 12.1. The lowest BCUT2D eigenvalue weighted by atomic mass is 10.0. The highest BCUT2D eigenvalue weighted by Gasteiger charge is 2.21. The van der Waals surface area contributed by atoms with E-state index in [0.717, 1.165) is 27.2 Å². The average Bonchev–Trinajstić information content (AvgIpc) is 3.25. The fourth-order valence-corrected chi connectivity index (χ4v) is 3.97. The second-order valence-electron chi connectivity index (χ2n) is 6.59. The molecule has 1 aromatic carbocycles. The minimum Gasteiger partial charge on any atom is -0.326 e. The molecule has 0 amide bonds. The monoisotopic (exact) mass is 348 g/mol. The van der Waals surface area contributed by atoms with Gasteiger partial charge in [0.1, 0.15) is 11.2 Å². The Morgan fingerprint density at radius 2 is 1.84 bits per heavy atom. The van der Waals surface area contributed by atoms with E-state index in [-0.39, 0.29) is 0 Å². The van der Waals surface area contributed by atoms with Gasteiger partial charge in [-0.15, -0.1) is 11.3 Å². The number of benzene rings is 1. The molecule has 0 spiro atoms. The number of rotatable bonds is 4. The number of aromatic nitrogens is 4. The summed E-state index contributed by atoms with van der Waals surface area (Å²) in [5, 5.41) is 1.08. The highest BCUT2D eigenvalue weighted by Crippen LogP contribution is 2.39. The van der Waals surface area contributed by atoms with E-state index >= 15 is 0 Å². The molecule has 4 nitrogen and oxygen atoms in total. The third-order valence-corrected chi connectivity index (χ3v) is 5.74. The zero-order valence-corrected chi connectivity index (χ0v) is 15.4. The van der Waals surface area contributed by atoms with Crippen LogP contribution in [0.1, 0.15) is 26.8 Å². The SMILES string of the molecule is CC(C)C(C)n1cnc(-c2ccccc2)c1-c1cc2cncnc2s1. The first-order valence-electron chi connectivity index (χ1n) is 8.47. The second-order valence-corrected chi connectivity index (χ2v) is 7.62. The fourth-order valence-electron chi connectivity index (χ4n) is 2.95. The molecular formula is C20H20N4S. The van der Waals surface area contributed by atoms with Crippen molar-refractivity contribution >= 4 is 21.6 Å². The van der Waals surface area contributed by atoms with E-state index in [0.29, 0.717) is 12.0 Å². The average molecular weight is 348 g/mol. The van der Waals surface area contributed by atoms with Crippen LogP contribution in [0.2, 0.25) is 0 Å². The van der Waals surface area contributed by atoms with Gasteiger partial charge in [0.05, 0.1) is 22.6 Å². The lowest BCUT2D eigenvalue weighted by molar-refractivity contribution is 0.411. The molecule has 0 fully saturated rings. The summed E-state index contributed by atoms with van der Waals surface area (Å²) in [7, 11) is 0. The van der Waals surface area contributed by atoms with Gasteiger partial charge in [0.15, 0.2) is 0 Å². The molecule has 3 aromatic heterocycles. The Hall–Kier alpha value is -2.53. The van der Waals surface area contributed by atoms with Crippen molar-refractivity contribution in [2.45, 2.75) is 26.8 Å². The van der Waals surface area contributed by atoms with Crippen LogP contribution in [-0.2, 0) is 0 Å². The van der Waals surface area contributed by atoms with Crippen LogP contribution >= 0.6 is 11.3 Å². The molecule has 1 atom stereocenters. The van der Waals surface area contributed by atoms with Crippen LogP contribution in [0.25, 0.3) is 32.0 Å². The lowest BCUT2D eigenvalue weighted by Gasteiger charge is -2.20. The first-order valence-corrected chi connectivity index (χ1v) is 9.29. The second kappa shape index (κ2) is 6.41. The van der Waals surface area contributed by atoms with Gasteiger partial charge in [0, 0.05) is 23.2 Å². The summed E-state index contributed by atoms with van der Waals surface area (Å²) < 4.78 is 2.30. The molecule has 0 aliphatic rings. The Bertz CT molecular complexity index is 968. The Morgan fingerprint density at radius 3 is 2.56 bits per heavy atom. The van der Waals surface area contributed by atoms with Crippen LogP contribution in [0.4, 0.5) is 0 Å². The van der Waals surface area contributed by atoms with E-state index in [1.54, 1.807) is 17.7 Å². The standard InChI is InChI=1S/C20H20N4S/c1-13(2)14(3)24-12-23-18(15-7-5-4-6-8-15)19(24)17-9-16-10-21-11-22-20(16)25-17/h4-14H,1-3H3. The maximum Gasteiger partial charge on any atom is 0.127 e. The van der Waals surface area contributed by atoms with Gasteiger partial charge in [-0.2, -0.15) is 0 Å². The van der Waals surface area contributed by atoms with Crippen molar-refractivity contribution in [2.75, 3.05) is 0 Å². The van der Waals surface area contributed by atoms with Crippen molar-refractivity contribution < 1.29 is 0 Å². The van der Waals surface area contributed by atoms with Gasteiger partial charge in [-0.3, -0.25) is 0 Å². The Kier molecular flexibility index (Phi) is 4.09. The maximum atomic E-state index is 4.77. The summed E-state index contributed by atoms with van der Waals surface area (Å²) in [6, 6.07) is 12.9. The van der Waals surface area contributed by atoms with Gasteiger partial charge in [0.25, 0.3) is 0 Å². The highest BCUT2D eigenvalue weighted by atomic mass is 32.1. The normalized spacial score (nSPS) is 12.8. The Balaban J connectivity index is 1.95. The van der Waals surface area contributed by atoms with E-state index in [9.17, 15) is 0 Å². The minimum absolute atomic E-state index is 0.358. The van der Waals surface area contributed by atoms with Crippen molar-refractivity contribution in [3.8, 4) is 21.8 Å². The van der Waals surface area contributed by atoms with E-state index in [2.05, 4.69) is 65.6 Å². The molecule has 0 saturated carbocycles. The molecule has 0 aliphatic carbocycles. The predicted octanol–water partition coefficient (Wildman–Crippen LogP) is 5.44. The zero-order valence-electron chi connectivity index (χ0n) is 14.5. The molecule has 1 unspecified atom stereocenters. The molecule has 0 saturated heterocycles. The number of hydrogen-bond acceptors (Lipinski definition) is 4. The summed E-state index contributed by atoms with van der Waals surface area (Å²) in [6.07, 6.45) is 5.45. The molecular weight excluding hydrogens is 328 g/mol. The van der Waals surface area contributed by atoms with Gasteiger partial charge < -0.3 is 4.57 Å². The fraction of sp³-hybridized carbons (Fsp3) is 0.250. The molecule has 25 heavy (non-hydrogen) atoms. The van der Waals surface area contributed by atoms with Gasteiger partial charge in [0.2, 0.25) is 0 Å². The minimum atomic E-state index is 0.358. The summed E-state index contributed by atoms with van der Waals surface area (Å²) in [5.41, 5.74) is 3.32. The van der Waals surface area contributed by atoms with Crippen molar-refractivity contribution in [3.63, 3.8) is 0 Å². The van der Waals surface area contributed by atoms with Crippen molar-refractivity contribution in [1.29, 1.82) is 0 Å². The molecule has 5 heteroatoms. The molecule has 0 bridgehead atoms. The van der Waals surface area contributed by atoms with Gasteiger partial charge in [-0.05, 0) is 18.9 Å². The Morgan fingerprint density at radius 1 is 1.04 bits per heavy atom. The summed E-state index contributed by atoms with van der Waals surface area (Å²) >= 11 is 1.70. The summed E-state index contributed by atoms with van der Waals surface area (Å²) in [4.78, 5) is 15.5. The quantitative estimate of drug-likeness (QED) is 0.493. The summed E-state index contributed by atoms with van der Waals surface area (Å²) in [6.45, 7) is 6.73. The van der Waals surface area contributed by atoms with E-state index < -0.39 is 0 Å². The Labute approximate surface area is 151 Å². The van der Waals surface area contributed by atoms with Crippen molar-refractivity contribution in [3.05, 3.63) is 55.2 Å². The van der Waals surface area contributed by atoms with Crippen LogP contribution in [0, 0.1) is 5.92 Å². The predicted molar refractivity (Wildman–Crippen MR) is 104 cm³/mol. The molecule has 4 rings (SSSR count). The van der Waals surface area contributed by atoms with Crippen LogP contribution in [0.3, 0.4) is 0 Å². The molecule has 126 valence electrons. The van der Waals surface area contributed by atoms with Gasteiger partial charge in [-0.25, -0.2) is 15.0 Å². The first kappa shape index (κ1) is 16.0. The third kappa shape index (κ3) is 2.85. The van der Waals surface area contributed by atoms with Gasteiger partial charge in [-0.1, -0.05) is 44.2 Å².